The number of aliphatic imine (C=N–C) groups is 2. The maximum atomic E-state index is 5.61. The Morgan fingerprint density at radius 3 is 3.00 bits per heavy atom. The highest BCUT2D eigenvalue weighted by molar-refractivity contribution is 6.17. The van der Waals surface area contributed by atoms with Crippen LogP contribution in [-0.2, 0) is 0 Å². The van der Waals surface area contributed by atoms with Crippen molar-refractivity contribution >= 4 is 28.4 Å². The van der Waals surface area contributed by atoms with E-state index in [0.29, 0.717) is 5.65 Å². The van der Waals surface area contributed by atoms with Gasteiger partial charge in [-0.3, -0.25) is 9.98 Å². The largest absolute Gasteiger partial charge is 0.368 e. The van der Waals surface area contributed by atoms with E-state index in [0.717, 1.165) is 22.4 Å². The van der Waals surface area contributed by atoms with Gasteiger partial charge >= 0.3 is 0 Å². The summed E-state index contributed by atoms with van der Waals surface area (Å²) in [5.74, 6) is 0.252. The molecule has 3 rings (SSSR count). The molecule has 0 aliphatic carbocycles. The minimum Gasteiger partial charge on any atom is -0.368 e. The maximum Gasteiger partial charge on any atom is 0.221 e. The lowest BCUT2D eigenvalue weighted by Crippen LogP contribution is -2.03. The van der Waals surface area contributed by atoms with Crippen LogP contribution in [0.15, 0.2) is 46.8 Å². The van der Waals surface area contributed by atoms with Crippen molar-refractivity contribution in [3.8, 4) is 0 Å². The number of allylic oxidation sites excluding steroid dienone is 2. The first kappa shape index (κ1) is 13.2. The molecule has 0 spiro atoms. The Bertz CT molecular complexity index is 794. The lowest BCUT2D eigenvalue weighted by Gasteiger charge is -2.03. The predicted octanol–water partition coefficient (Wildman–Crippen LogP) is 2.26. The normalized spacial score (nSPS) is 24.4. The molecule has 1 aliphatic rings. The topological polar surface area (TPSA) is 92.3 Å². The molecule has 0 bridgehead atoms. The van der Waals surface area contributed by atoms with Gasteiger partial charge in [0.15, 0.2) is 0 Å². The Morgan fingerprint density at radius 1 is 1.29 bits per heavy atom. The lowest BCUT2D eigenvalue weighted by molar-refractivity contribution is 0.925. The zero-order chi connectivity index (χ0) is 14.8. The molecule has 0 amide bonds. The molecule has 1 aliphatic heterocycles. The van der Waals surface area contributed by atoms with E-state index in [4.69, 9.17) is 10.7 Å². The fourth-order valence-electron chi connectivity index (χ4n) is 2.13. The molecule has 0 radical (unpaired) electrons. The van der Waals surface area contributed by atoms with Gasteiger partial charge in [0.05, 0.1) is 11.8 Å². The molecular weight excluding hydrogens is 264 g/mol. The fourth-order valence-corrected chi connectivity index (χ4v) is 2.13. The number of fused-ring (bicyclic) bond motifs is 1. The molecule has 0 saturated carbocycles. The van der Waals surface area contributed by atoms with Gasteiger partial charge in [-0.15, -0.1) is 0 Å². The van der Waals surface area contributed by atoms with Crippen molar-refractivity contribution in [1.29, 1.82) is 0 Å². The Hall–Kier alpha value is -2.76. The first-order valence-electron chi connectivity index (χ1n) is 6.70. The Labute approximate surface area is 122 Å². The van der Waals surface area contributed by atoms with Gasteiger partial charge in [-0.2, -0.15) is 4.98 Å². The van der Waals surface area contributed by atoms with Gasteiger partial charge in [0, 0.05) is 35.3 Å². The number of aromatic amines is 1. The highest BCUT2D eigenvalue weighted by Gasteiger charge is 2.11. The first-order valence-corrected chi connectivity index (χ1v) is 6.70. The van der Waals surface area contributed by atoms with E-state index in [2.05, 4.69) is 19.9 Å². The smallest absolute Gasteiger partial charge is 0.221 e. The fraction of sp³-hybridized carbons (Fsp3) is 0.200. The molecule has 2 aromatic heterocycles. The molecule has 0 unspecified atom stereocenters. The van der Waals surface area contributed by atoms with Crippen molar-refractivity contribution in [2.75, 3.05) is 5.73 Å². The van der Waals surface area contributed by atoms with E-state index in [1.807, 2.05) is 38.3 Å². The summed E-state index contributed by atoms with van der Waals surface area (Å²) in [5, 5.41) is 0.901. The summed E-state index contributed by atoms with van der Waals surface area (Å²) in [4.78, 5) is 20.4. The van der Waals surface area contributed by atoms with Crippen LogP contribution in [0.2, 0.25) is 0 Å². The number of nitrogens with two attached hydrogens (primary N) is 1. The van der Waals surface area contributed by atoms with Gasteiger partial charge in [0.1, 0.15) is 5.65 Å². The molecule has 6 nitrogen and oxygen atoms in total. The summed E-state index contributed by atoms with van der Waals surface area (Å²) in [5.41, 5.74) is 9.06. The molecule has 0 aromatic carbocycles. The SMILES string of the molecule is CC1=N/C=C\[C@H](C)N=C(c2c[nH]c3nc(N)ncc23)/C=C\1. The van der Waals surface area contributed by atoms with E-state index in [1.54, 1.807) is 12.4 Å². The number of nitrogen functional groups attached to an aromatic ring is 1. The van der Waals surface area contributed by atoms with Crippen LogP contribution in [0, 0.1) is 0 Å². The molecule has 3 N–H and O–H groups in total. The van der Waals surface area contributed by atoms with E-state index < -0.39 is 0 Å². The molecule has 6 heteroatoms. The molecule has 106 valence electrons. The number of aromatic nitrogens is 3. The Morgan fingerprint density at radius 2 is 2.14 bits per heavy atom. The van der Waals surface area contributed by atoms with Crippen LogP contribution >= 0.6 is 0 Å². The highest BCUT2D eigenvalue weighted by Crippen LogP contribution is 2.18. The van der Waals surface area contributed by atoms with E-state index >= 15 is 0 Å². The third-order valence-electron chi connectivity index (χ3n) is 3.19. The molecule has 2 aromatic rings. The van der Waals surface area contributed by atoms with E-state index in [-0.39, 0.29) is 12.0 Å². The number of anilines is 1. The van der Waals surface area contributed by atoms with Crippen LogP contribution in [0.1, 0.15) is 19.4 Å². The number of nitrogens with zero attached hydrogens (tertiary/aromatic N) is 4. The quantitative estimate of drug-likeness (QED) is 0.839. The van der Waals surface area contributed by atoms with Crippen molar-refractivity contribution in [2.45, 2.75) is 19.9 Å². The molecular formula is C15H16N6. The van der Waals surface area contributed by atoms with Crippen LogP contribution in [-0.4, -0.2) is 32.4 Å². The van der Waals surface area contributed by atoms with Gasteiger partial charge < -0.3 is 10.7 Å². The van der Waals surface area contributed by atoms with Gasteiger partial charge in [-0.25, -0.2) is 4.98 Å². The second-order valence-corrected chi connectivity index (χ2v) is 4.89. The summed E-state index contributed by atoms with van der Waals surface area (Å²) >= 11 is 0. The molecule has 0 fully saturated rings. The lowest BCUT2D eigenvalue weighted by atomic mass is 10.1. The van der Waals surface area contributed by atoms with Crippen molar-refractivity contribution in [2.24, 2.45) is 9.98 Å². The summed E-state index contributed by atoms with van der Waals surface area (Å²) in [6, 6.07) is 0.0407. The van der Waals surface area contributed by atoms with Crippen LogP contribution in [0.4, 0.5) is 5.95 Å². The average Bonchev–Trinajstić information content (AvgIpc) is 2.87. The van der Waals surface area contributed by atoms with Crippen molar-refractivity contribution < 1.29 is 0 Å². The van der Waals surface area contributed by atoms with Gasteiger partial charge in [-0.05, 0) is 32.1 Å². The van der Waals surface area contributed by atoms with Crippen LogP contribution in [0.3, 0.4) is 0 Å². The third kappa shape index (κ3) is 2.74. The Kier molecular flexibility index (Phi) is 3.35. The average molecular weight is 280 g/mol. The number of nitrogens with one attached hydrogen (secondary N) is 1. The summed E-state index contributed by atoms with van der Waals surface area (Å²) < 4.78 is 0. The van der Waals surface area contributed by atoms with E-state index in [9.17, 15) is 0 Å². The van der Waals surface area contributed by atoms with Crippen molar-refractivity contribution in [1.82, 2.24) is 15.0 Å². The zero-order valence-corrected chi connectivity index (χ0v) is 11.9. The number of hydrogen-bond donors (Lipinski definition) is 2. The molecule has 0 saturated heterocycles. The second-order valence-electron chi connectivity index (χ2n) is 4.89. The van der Waals surface area contributed by atoms with Crippen LogP contribution in [0.5, 0.6) is 0 Å². The number of rotatable bonds is 1. The standard InChI is InChI=1S/C15H16N6/c1-9-3-4-13(20-10(2)5-6-17-9)11-7-18-14-12(11)8-19-15(16)21-14/h3-8,10H,1-2H3,(H3,16,18,19,21)/b4-3-,6-5-,17-9-,20-13?/t10-/m0/s1. The van der Waals surface area contributed by atoms with E-state index in [1.165, 1.54) is 0 Å². The molecule has 3 heterocycles. The molecule has 1 atom stereocenters. The van der Waals surface area contributed by atoms with Crippen molar-refractivity contribution in [3.63, 3.8) is 0 Å². The van der Waals surface area contributed by atoms with Gasteiger partial charge in [-0.1, -0.05) is 0 Å². The third-order valence-corrected chi connectivity index (χ3v) is 3.19. The number of H-pyrrole nitrogens is 1. The first-order chi connectivity index (χ1) is 10.1. The van der Waals surface area contributed by atoms with Crippen molar-refractivity contribution in [3.05, 3.63) is 42.4 Å². The van der Waals surface area contributed by atoms with Gasteiger partial charge in [0.2, 0.25) is 5.95 Å². The Balaban J connectivity index is 2.13. The minimum atomic E-state index is 0.0407. The van der Waals surface area contributed by atoms with Crippen LogP contribution < -0.4 is 5.73 Å². The predicted molar refractivity (Wildman–Crippen MR) is 85.7 cm³/mol. The highest BCUT2D eigenvalue weighted by atomic mass is 15.0. The summed E-state index contributed by atoms with van der Waals surface area (Å²) in [6.07, 6.45) is 11.2. The zero-order valence-electron chi connectivity index (χ0n) is 11.9. The van der Waals surface area contributed by atoms with Gasteiger partial charge in [0.25, 0.3) is 0 Å². The minimum absolute atomic E-state index is 0.0407. The second kappa shape index (κ2) is 5.32. The van der Waals surface area contributed by atoms with Crippen LogP contribution in [0.25, 0.3) is 11.0 Å². The molecule has 21 heavy (non-hydrogen) atoms. The summed E-state index contributed by atoms with van der Waals surface area (Å²) in [6.45, 7) is 3.97. The number of hydrogen-bond acceptors (Lipinski definition) is 5. The monoisotopic (exact) mass is 280 g/mol. The summed E-state index contributed by atoms with van der Waals surface area (Å²) in [7, 11) is 0. The maximum absolute atomic E-state index is 5.61.